The SMILES string of the molecule is CC(=O)NCCC(=O)Nc1ccc(N2CCOCC2)cc1. The van der Waals surface area contributed by atoms with Crippen LogP contribution in [0.2, 0.25) is 0 Å². The first-order valence-electron chi connectivity index (χ1n) is 7.12. The van der Waals surface area contributed by atoms with Crippen molar-refractivity contribution >= 4 is 23.2 Å². The molecular weight excluding hydrogens is 270 g/mol. The molecule has 0 atom stereocenters. The smallest absolute Gasteiger partial charge is 0.226 e. The van der Waals surface area contributed by atoms with Gasteiger partial charge in [-0.05, 0) is 24.3 Å². The van der Waals surface area contributed by atoms with Crippen molar-refractivity contribution in [3.05, 3.63) is 24.3 Å². The highest BCUT2D eigenvalue weighted by Gasteiger charge is 2.11. The van der Waals surface area contributed by atoms with Gasteiger partial charge in [0.1, 0.15) is 0 Å². The Balaban J connectivity index is 1.81. The average Bonchev–Trinajstić information content (AvgIpc) is 2.48. The highest BCUT2D eigenvalue weighted by atomic mass is 16.5. The van der Waals surface area contributed by atoms with Crippen LogP contribution in [-0.4, -0.2) is 44.7 Å². The van der Waals surface area contributed by atoms with Gasteiger partial charge in [-0.2, -0.15) is 0 Å². The lowest BCUT2D eigenvalue weighted by molar-refractivity contribution is -0.119. The van der Waals surface area contributed by atoms with Crippen molar-refractivity contribution in [1.82, 2.24) is 5.32 Å². The van der Waals surface area contributed by atoms with E-state index in [0.29, 0.717) is 6.54 Å². The van der Waals surface area contributed by atoms with Crippen LogP contribution in [0, 0.1) is 0 Å². The Morgan fingerprint density at radius 1 is 1.19 bits per heavy atom. The van der Waals surface area contributed by atoms with E-state index in [2.05, 4.69) is 15.5 Å². The average molecular weight is 291 g/mol. The summed E-state index contributed by atoms with van der Waals surface area (Å²) < 4.78 is 5.32. The zero-order chi connectivity index (χ0) is 15.1. The van der Waals surface area contributed by atoms with Gasteiger partial charge in [-0.15, -0.1) is 0 Å². The molecule has 0 aromatic heterocycles. The molecule has 1 fully saturated rings. The summed E-state index contributed by atoms with van der Waals surface area (Å²) in [6.45, 7) is 5.07. The van der Waals surface area contributed by atoms with Gasteiger partial charge >= 0.3 is 0 Å². The van der Waals surface area contributed by atoms with Crippen molar-refractivity contribution in [2.75, 3.05) is 43.1 Å². The van der Waals surface area contributed by atoms with E-state index < -0.39 is 0 Å². The number of benzene rings is 1. The van der Waals surface area contributed by atoms with E-state index in [4.69, 9.17) is 4.74 Å². The van der Waals surface area contributed by atoms with Gasteiger partial charge in [0, 0.05) is 44.4 Å². The minimum absolute atomic E-state index is 0.108. The number of hydrogen-bond acceptors (Lipinski definition) is 4. The summed E-state index contributed by atoms with van der Waals surface area (Å²) in [7, 11) is 0. The molecule has 1 aliphatic heterocycles. The molecule has 0 unspecified atom stereocenters. The predicted octanol–water partition coefficient (Wildman–Crippen LogP) is 0.988. The van der Waals surface area contributed by atoms with E-state index in [1.54, 1.807) is 0 Å². The number of nitrogens with one attached hydrogen (secondary N) is 2. The number of carbonyl (C=O) groups excluding carboxylic acids is 2. The number of anilines is 2. The topological polar surface area (TPSA) is 70.7 Å². The first-order valence-corrected chi connectivity index (χ1v) is 7.12. The summed E-state index contributed by atoms with van der Waals surface area (Å²) in [5.74, 6) is -0.236. The van der Waals surface area contributed by atoms with Gasteiger partial charge in [-0.25, -0.2) is 0 Å². The minimum atomic E-state index is -0.127. The number of ether oxygens (including phenoxy) is 1. The summed E-state index contributed by atoms with van der Waals surface area (Å²) in [6.07, 6.45) is 0.269. The fourth-order valence-corrected chi connectivity index (χ4v) is 2.15. The van der Waals surface area contributed by atoms with Gasteiger partial charge in [0.2, 0.25) is 11.8 Å². The summed E-state index contributed by atoms with van der Waals surface area (Å²) in [5.41, 5.74) is 1.90. The van der Waals surface area contributed by atoms with E-state index in [1.165, 1.54) is 6.92 Å². The predicted molar refractivity (Wildman–Crippen MR) is 81.4 cm³/mol. The van der Waals surface area contributed by atoms with Crippen molar-refractivity contribution in [2.45, 2.75) is 13.3 Å². The van der Waals surface area contributed by atoms with Gasteiger partial charge in [0.05, 0.1) is 13.2 Å². The van der Waals surface area contributed by atoms with E-state index in [0.717, 1.165) is 37.7 Å². The van der Waals surface area contributed by atoms with Crippen LogP contribution in [0.4, 0.5) is 11.4 Å². The molecule has 21 heavy (non-hydrogen) atoms. The van der Waals surface area contributed by atoms with Crippen molar-refractivity contribution in [3.8, 4) is 0 Å². The highest BCUT2D eigenvalue weighted by Crippen LogP contribution is 2.19. The molecular formula is C15H21N3O3. The number of rotatable bonds is 5. The molecule has 0 radical (unpaired) electrons. The molecule has 0 aliphatic carbocycles. The minimum Gasteiger partial charge on any atom is -0.378 e. The van der Waals surface area contributed by atoms with Gasteiger partial charge in [-0.1, -0.05) is 0 Å². The molecule has 2 rings (SSSR count). The maximum atomic E-state index is 11.7. The standard InChI is InChI=1S/C15H21N3O3/c1-12(19)16-7-6-15(20)17-13-2-4-14(5-3-13)18-8-10-21-11-9-18/h2-5H,6-11H2,1H3,(H,16,19)(H,17,20). The van der Waals surface area contributed by atoms with Gasteiger partial charge in [-0.3, -0.25) is 9.59 Å². The monoisotopic (exact) mass is 291 g/mol. The lowest BCUT2D eigenvalue weighted by Gasteiger charge is -2.28. The molecule has 1 aliphatic rings. The molecule has 1 heterocycles. The summed E-state index contributed by atoms with van der Waals surface area (Å²) in [6, 6.07) is 7.77. The molecule has 0 spiro atoms. The molecule has 6 nitrogen and oxygen atoms in total. The van der Waals surface area contributed by atoms with Crippen molar-refractivity contribution in [2.24, 2.45) is 0 Å². The van der Waals surface area contributed by atoms with Crippen molar-refractivity contribution in [1.29, 1.82) is 0 Å². The molecule has 1 aromatic rings. The maximum absolute atomic E-state index is 11.7. The van der Waals surface area contributed by atoms with Gasteiger partial charge < -0.3 is 20.3 Å². The number of amides is 2. The zero-order valence-corrected chi connectivity index (χ0v) is 12.2. The quantitative estimate of drug-likeness (QED) is 0.848. The maximum Gasteiger partial charge on any atom is 0.226 e. The fourth-order valence-electron chi connectivity index (χ4n) is 2.15. The second-order valence-electron chi connectivity index (χ2n) is 4.93. The summed E-state index contributed by atoms with van der Waals surface area (Å²) in [4.78, 5) is 24.7. The van der Waals surface area contributed by atoms with Crippen molar-refractivity contribution < 1.29 is 14.3 Å². The highest BCUT2D eigenvalue weighted by molar-refractivity contribution is 5.91. The van der Waals surface area contributed by atoms with Gasteiger partial charge in [0.15, 0.2) is 0 Å². The Labute approximate surface area is 124 Å². The largest absolute Gasteiger partial charge is 0.378 e. The Hall–Kier alpha value is -2.08. The third kappa shape index (κ3) is 5.07. The third-order valence-electron chi connectivity index (χ3n) is 3.25. The van der Waals surface area contributed by atoms with Crippen molar-refractivity contribution in [3.63, 3.8) is 0 Å². The molecule has 2 amide bonds. The Morgan fingerprint density at radius 3 is 2.48 bits per heavy atom. The third-order valence-corrected chi connectivity index (χ3v) is 3.25. The van der Waals surface area contributed by atoms with E-state index in [-0.39, 0.29) is 18.2 Å². The Kier molecular flexibility index (Phi) is 5.57. The van der Waals surface area contributed by atoms with Gasteiger partial charge in [0.25, 0.3) is 0 Å². The van der Waals surface area contributed by atoms with E-state index in [9.17, 15) is 9.59 Å². The molecule has 1 aromatic carbocycles. The van der Waals surface area contributed by atoms with Crippen LogP contribution in [-0.2, 0) is 14.3 Å². The van der Waals surface area contributed by atoms with Crippen LogP contribution in [0.3, 0.4) is 0 Å². The van der Waals surface area contributed by atoms with Crippen LogP contribution in [0.5, 0.6) is 0 Å². The molecule has 114 valence electrons. The fraction of sp³-hybridized carbons (Fsp3) is 0.467. The second kappa shape index (κ2) is 7.64. The molecule has 2 N–H and O–H groups in total. The first-order chi connectivity index (χ1) is 10.1. The number of morpholine rings is 1. The molecule has 6 heteroatoms. The Bertz CT molecular complexity index is 481. The van der Waals surface area contributed by atoms with Crippen LogP contribution >= 0.6 is 0 Å². The molecule has 1 saturated heterocycles. The molecule has 0 saturated carbocycles. The normalized spacial score (nSPS) is 14.6. The first kappa shape index (κ1) is 15.3. The van der Waals surface area contributed by atoms with Crippen LogP contribution in [0.25, 0.3) is 0 Å². The van der Waals surface area contributed by atoms with Crippen LogP contribution < -0.4 is 15.5 Å². The summed E-state index contributed by atoms with van der Waals surface area (Å²) in [5, 5.41) is 5.41. The second-order valence-corrected chi connectivity index (χ2v) is 4.93. The Morgan fingerprint density at radius 2 is 1.86 bits per heavy atom. The van der Waals surface area contributed by atoms with Crippen LogP contribution in [0.15, 0.2) is 24.3 Å². The summed E-state index contributed by atoms with van der Waals surface area (Å²) >= 11 is 0. The number of hydrogen-bond donors (Lipinski definition) is 2. The molecule has 0 bridgehead atoms. The van der Waals surface area contributed by atoms with E-state index in [1.807, 2.05) is 24.3 Å². The number of carbonyl (C=O) groups is 2. The van der Waals surface area contributed by atoms with E-state index >= 15 is 0 Å². The lowest BCUT2D eigenvalue weighted by Crippen LogP contribution is -2.36. The number of nitrogens with zero attached hydrogens (tertiary/aromatic N) is 1. The zero-order valence-electron chi connectivity index (χ0n) is 12.2. The lowest BCUT2D eigenvalue weighted by atomic mass is 10.2. The van der Waals surface area contributed by atoms with Crippen LogP contribution in [0.1, 0.15) is 13.3 Å².